The van der Waals surface area contributed by atoms with Crippen molar-refractivity contribution in [2.75, 3.05) is 0 Å². The third-order valence-electron chi connectivity index (χ3n) is 11.4. The molecule has 0 amide bonds. The van der Waals surface area contributed by atoms with Gasteiger partial charge in [-0.2, -0.15) is 5.26 Å². The number of nitrogens with zero attached hydrogens (tertiary/aromatic N) is 6. The molecule has 0 aliphatic carbocycles. The van der Waals surface area contributed by atoms with Gasteiger partial charge in [0, 0.05) is 55.0 Å². The first-order chi connectivity index (χ1) is 29.2. The number of hydrogen-bond acceptors (Lipinski definition) is 5. The minimum absolute atomic E-state index is 0.439. The third-order valence-corrected chi connectivity index (χ3v) is 11.4. The molecule has 59 heavy (non-hydrogen) atoms. The lowest BCUT2D eigenvalue weighted by Crippen LogP contribution is -2.02. The van der Waals surface area contributed by atoms with Crippen molar-refractivity contribution in [2.24, 2.45) is 0 Å². The molecule has 0 saturated heterocycles. The van der Waals surface area contributed by atoms with Crippen molar-refractivity contribution < 1.29 is 4.42 Å². The van der Waals surface area contributed by atoms with E-state index in [4.69, 9.17) is 19.4 Å². The summed E-state index contributed by atoms with van der Waals surface area (Å²) in [5.74, 6) is 1.53. The highest BCUT2D eigenvalue weighted by Crippen LogP contribution is 2.45. The minimum Gasteiger partial charge on any atom is -0.455 e. The van der Waals surface area contributed by atoms with Crippen molar-refractivity contribution >= 4 is 65.6 Å². The van der Waals surface area contributed by atoms with Crippen molar-refractivity contribution in [3.63, 3.8) is 0 Å². The van der Waals surface area contributed by atoms with Gasteiger partial charge in [-0.05, 0) is 66.7 Å². The summed E-state index contributed by atoms with van der Waals surface area (Å²) in [7, 11) is 0. The van der Waals surface area contributed by atoms with E-state index in [1.165, 1.54) is 0 Å². The molecule has 0 fully saturated rings. The molecule has 12 aromatic rings. The van der Waals surface area contributed by atoms with Crippen LogP contribution in [0.15, 0.2) is 186 Å². The lowest BCUT2D eigenvalue weighted by atomic mass is 10.1. The average Bonchev–Trinajstić information content (AvgIpc) is 3.97. The predicted octanol–water partition coefficient (Wildman–Crippen LogP) is 12.8. The van der Waals surface area contributed by atoms with Gasteiger partial charge in [0.1, 0.15) is 11.2 Å². The molecule has 274 valence electrons. The molecular formula is C52H30N6O. The van der Waals surface area contributed by atoms with Gasteiger partial charge in [-0.3, -0.25) is 0 Å². The number of benzene rings is 8. The van der Waals surface area contributed by atoms with Gasteiger partial charge in [0.15, 0.2) is 17.5 Å². The molecule has 4 aromatic heterocycles. The lowest BCUT2D eigenvalue weighted by Gasteiger charge is -2.12. The van der Waals surface area contributed by atoms with Gasteiger partial charge in [0.25, 0.3) is 0 Å². The van der Waals surface area contributed by atoms with Crippen molar-refractivity contribution in [1.82, 2.24) is 24.1 Å². The van der Waals surface area contributed by atoms with E-state index in [-0.39, 0.29) is 0 Å². The van der Waals surface area contributed by atoms with Crippen molar-refractivity contribution in [1.29, 1.82) is 5.26 Å². The van der Waals surface area contributed by atoms with Crippen molar-refractivity contribution in [3.05, 3.63) is 188 Å². The van der Waals surface area contributed by atoms with Crippen LogP contribution in [0.1, 0.15) is 5.56 Å². The van der Waals surface area contributed by atoms with Crippen LogP contribution in [-0.2, 0) is 0 Å². The van der Waals surface area contributed by atoms with Gasteiger partial charge in [-0.25, -0.2) is 15.0 Å². The Morgan fingerprint density at radius 2 is 1.03 bits per heavy atom. The SMILES string of the molecule is N#Cc1cc(-n2c3ccccc3c3c2ccc2c4c5oc6ccccc6c5ccc4n(-c4ccccc4)c23)ccc1-c1nc(-c2ccccc2)nc(-c2ccccc2)n1. The molecule has 0 aliphatic rings. The molecule has 0 N–H and O–H groups in total. The van der Waals surface area contributed by atoms with Crippen LogP contribution in [0.2, 0.25) is 0 Å². The maximum absolute atomic E-state index is 10.8. The second-order valence-corrected chi connectivity index (χ2v) is 14.7. The number of para-hydroxylation sites is 3. The van der Waals surface area contributed by atoms with E-state index in [2.05, 4.69) is 112 Å². The fourth-order valence-corrected chi connectivity index (χ4v) is 8.83. The summed E-state index contributed by atoms with van der Waals surface area (Å²) in [5, 5.41) is 17.4. The van der Waals surface area contributed by atoms with Gasteiger partial charge < -0.3 is 13.6 Å². The van der Waals surface area contributed by atoms with Gasteiger partial charge in [-0.15, -0.1) is 0 Å². The quantitative estimate of drug-likeness (QED) is 0.175. The molecule has 7 nitrogen and oxygen atoms in total. The number of nitriles is 1. The number of rotatable bonds is 5. The summed E-state index contributed by atoms with van der Waals surface area (Å²) in [6.07, 6.45) is 0. The highest BCUT2D eigenvalue weighted by atomic mass is 16.3. The normalized spacial score (nSPS) is 11.7. The second-order valence-electron chi connectivity index (χ2n) is 14.7. The first kappa shape index (κ1) is 32.9. The van der Waals surface area contributed by atoms with E-state index >= 15 is 0 Å². The Morgan fingerprint density at radius 1 is 0.441 bits per heavy atom. The second kappa shape index (κ2) is 12.8. The number of aromatic nitrogens is 5. The molecule has 4 heterocycles. The lowest BCUT2D eigenvalue weighted by molar-refractivity contribution is 0.673. The molecule has 0 spiro atoms. The fourth-order valence-electron chi connectivity index (χ4n) is 8.83. The van der Waals surface area contributed by atoms with Gasteiger partial charge in [0.2, 0.25) is 0 Å². The van der Waals surface area contributed by atoms with Crippen LogP contribution < -0.4 is 0 Å². The van der Waals surface area contributed by atoms with Crippen molar-refractivity contribution in [2.45, 2.75) is 0 Å². The van der Waals surface area contributed by atoms with Crippen LogP contribution in [0, 0.1) is 11.3 Å². The highest BCUT2D eigenvalue weighted by molar-refractivity contribution is 6.31. The van der Waals surface area contributed by atoms with E-state index in [0.717, 1.165) is 88.1 Å². The third kappa shape index (κ3) is 4.97. The molecular weight excluding hydrogens is 725 g/mol. The molecule has 8 aromatic carbocycles. The first-order valence-electron chi connectivity index (χ1n) is 19.5. The van der Waals surface area contributed by atoms with Gasteiger partial charge in [0.05, 0.1) is 39.1 Å². The van der Waals surface area contributed by atoms with E-state index in [9.17, 15) is 5.26 Å². The van der Waals surface area contributed by atoms with E-state index in [0.29, 0.717) is 28.6 Å². The monoisotopic (exact) mass is 754 g/mol. The smallest absolute Gasteiger partial charge is 0.165 e. The molecule has 0 aliphatic heterocycles. The first-order valence-corrected chi connectivity index (χ1v) is 19.5. The van der Waals surface area contributed by atoms with E-state index < -0.39 is 0 Å². The van der Waals surface area contributed by atoms with Crippen LogP contribution in [-0.4, -0.2) is 24.1 Å². The fraction of sp³-hybridized carbons (Fsp3) is 0. The Bertz CT molecular complexity index is 3610. The zero-order valence-electron chi connectivity index (χ0n) is 31.4. The minimum atomic E-state index is 0.439. The van der Waals surface area contributed by atoms with Crippen molar-refractivity contribution in [3.8, 4) is 51.6 Å². The molecule has 0 saturated carbocycles. The summed E-state index contributed by atoms with van der Waals surface area (Å²) >= 11 is 0. The van der Waals surface area contributed by atoms with Crippen LogP contribution in [0.5, 0.6) is 0 Å². The molecule has 0 radical (unpaired) electrons. The van der Waals surface area contributed by atoms with Crippen LogP contribution in [0.4, 0.5) is 0 Å². The Kier molecular flexibility index (Phi) is 7.16. The summed E-state index contributed by atoms with van der Waals surface area (Å²) in [6.45, 7) is 0. The topological polar surface area (TPSA) is 85.5 Å². The largest absolute Gasteiger partial charge is 0.455 e. The summed E-state index contributed by atoms with van der Waals surface area (Å²) in [4.78, 5) is 14.7. The summed E-state index contributed by atoms with van der Waals surface area (Å²) < 4.78 is 11.3. The van der Waals surface area contributed by atoms with E-state index in [1.807, 2.05) is 84.9 Å². The summed E-state index contributed by atoms with van der Waals surface area (Å²) in [5.41, 5.74) is 10.7. The molecule has 0 unspecified atom stereocenters. The zero-order chi connectivity index (χ0) is 39.0. The van der Waals surface area contributed by atoms with Crippen LogP contribution in [0.3, 0.4) is 0 Å². The maximum Gasteiger partial charge on any atom is 0.165 e. The Labute approximate surface area is 337 Å². The Hall–Kier alpha value is -8.34. The predicted molar refractivity (Wildman–Crippen MR) is 237 cm³/mol. The average molecular weight is 755 g/mol. The van der Waals surface area contributed by atoms with E-state index in [1.54, 1.807) is 0 Å². The molecule has 0 bridgehead atoms. The zero-order valence-corrected chi connectivity index (χ0v) is 31.4. The van der Waals surface area contributed by atoms with Gasteiger partial charge in [-0.1, -0.05) is 115 Å². The highest BCUT2D eigenvalue weighted by Gasteiger charge is 2.24. The van der Waals surface area contributed by atoms with Crippen LogP contribution in [0.25, 0.3) is 111 Å². The number of fused-ring (bicyclic) bond motifs is 11. The molecule has 0 atom stereocenters. The Balaban J connectivity index is 1.12. The van der Waals surface area contributed by atoms with Crippen LogP contribution >= 0.6 is 0 Å². The summed E-state index contributed by atoms with van der Waals surface area (Å²) in [6, 6.07) is 64.3. The Morgan fingerprint density at radius 3 is 1.75 bits per heavy atom. The number of furan rings is 1. The van der Waals surface area contributed by atoms with Gasteiger partial charge >= 0.3 is 0 Å². The maximum atomic E-state index is 10.8. The number of hydrogen-bond donors (Lipinski definition) is 0. The standard InChI is InChI=1S/C52H30N6O/c53-31-34-30-36(24-25-37(34)52-55-50(32-14-4-1-5-15-32)54-51(56-52)33-16-6-2-7-17-33)57-42-22-12-10-21-40(42)46-43(57)29-27-41-47-44(58(48(41)46)35-18-8-3-9-19-35)28-26-39-38-20-11-13-23-45(38)59-49(39)47/h1-30H. The molecule has 7 heteroatoms. The molecule has 12 rings (SSSR count).